The Hall–Kier alpha value is -0.650. The monoisotopic (exact) mass is 280 g/mol. The van der Waals surface area contributed by atoms with E-state index in [1.54, 1.807) is 0 Å². The summed E-state index contributed by atoms with van der Waals surface area (Å²) in [7, 11) is 0. The van der Waals surface area contributed by atoms with E-state index in [1.807, 2.05) is 0 Å². The largest absolute Gasteiger partial charge is 0.378 e. The Morgan fingerprint density at radius 2 is 2.25 bits per heavy atom. The van der Waals surface area contributed by atoms with Gasteiger partial charge in [0.2, 0.25) is 5.91 Å². The van der Waals surface area contributed by atoms with Gasteiger partial charge in [0, 0.05) is 19.1 Å². The molecule has 0 bridgehead atoms. The second-order valence-corrected chi connectivity index (χ2v) is 6.31. The average molecular weight is 280 g/mol. The highest BCUT2D eigenvalue weighted by Crippen LogP contribution is 2.28. The van der Waals surface area contributed by atoms with Crippen LogP contribution in [0.25, 0.3) is 0 Å². The normalized spacial score (nSPS) is 36.5. The van der Waals surface area contributed by atoms with Crippen LogP contribution in [0.2, 0.25) is 0 Å². The standard InChI is InChI=1S/C15H26N3O2/c16-15(19)13-5-1-2-6-18(13)10-12-4-3-7-17-8-9-20-11-14(12)17/h1,12-14H,2-11H2,(H2,16,19)/t12-,13?,14+/m0/s1. The molecule has 20 heavy (non-hydrogen) atoms. The molecule has 0 aliphatic carbocycles. The summed E-state index contributed by atoms with van der Waals surface area (Å²) >= 11 is 0. The number of primary amides is 1. The molecule has 1 unspecified atom stereocenters. The summed E-state index contributed by atoms with van der Waals surface area (Å²) in [5, 5.41) is 0. The molecular formula is C15H26N3O2. The molecule has 1 amide bonds. The van der Waals surface area contributed by atoms with Crippen molar-refractivity contribution in [2.45, 2.75) is 37.8 Å². The minimum absolute atomic E-state index is 0.0939. The zero-order chi connectivity index (χ0) is 13.9. The van der Waals surface area contributed by atoms with Crippen LogP contribution in [-0.2, 0) is 9.53 Å². The fourth-order valence-electron chi connectivity index (χ4n) is 3.98. The number of fused-ring (bicyclic) bond motifs is 1. The summed E-state index contributed by atoms with van der Waals surface area (Å²) < 4.78 is 5.67. The first-order valence-corrected chi connectivity index (χ1v) is 7.92. The molecule has 3 rings (SSSR count). The van der Waals surface area contributed by atoms with Crippen molar-refractivity contribution in [3.63, 3.8) is 0 Å². The number of hydrogen-bond donors (Lipinski definition) is 1. The Balaban J connectivity index is 1.64. The van der Waals surface area contributed by atoms with Gasteiger partial charge in [0.05, 0.1) is 19.3 Å². The van der Waals surface area contributed by atoms with Crippen molar-refractivity contribution in [2.24, 2.45) is 11.7 Å². The summed E-state index contributed by atoms with van der Waals surface area (Å²) in [5.41, 5.74) is 5.56. The molecular weight excluding hydrogens is 254 g/mol. The number of rotatable bonds is 3. The lowest BCUT2D eigenvalue weighted by Crippen LogP contribution is -2.57. The van der Waals surface area contributed by atoms with Crippen LogP contribution in [0.4, 0.5) is 0 Å². The Kier molecular flexibility index (Phi) is 4.58. The summed E-state index contributed by atoms with van der Waals surface area (Å²) in [6.45, 7) is 5.95. The maximum atomic E-state index is 11.6. The van der Waals surface area contributed by atoms with Gasteiger partial charge in [-0.3, -0.25) is 14.6 Å². The topological polar surface area (TPSA) is 58.8 Å². The zero-order valence-electron chi connectivity index (χ0n) is 12.2. The van der Waals surface area contributed by atoms with E-state index in [4.69, 9.17) is 10.5 Å². The van der Waals surface area contributed by atoms with Crippen molar-refractivity contribution < 1.29 is 9.53 Å². The molecule has 0 aromatic carbocycles. The van der Waals surface area contributed by atoms with E-state index in [-0.39, 0.29) is 11.9 Å². The third kappa shape index (κ3) is 3.00. The molecule has 3 aliphatic rings. The Bertz CT molecular complexity index is 348. The summed E-state index contributed by atoms with van der Waals surface area (Å²) in [6.07, 6.45) is 6.59. The van der Waals surface area contributed by atoms with Gasteiger partial charge < -0.3 is 10.5 Å². The molecule has 5 nitrogen and oxygen atoms in total. The third-order valence-electron chi connectivity index (χ3n) is 5.09. The fourth-order valence-corrected chi connectivity index (χ4v) is 3.98. The number of morpholine rings is 1. The molecule has 3 aliphatic heterocycles. The molecule has 0 saturated carbocycles. The lowest BCUT2D eigenvalue weighted by atomic mass is 9.87. The highest BCUT2D eigenvalue weighted by molar-refractivity contribution is 5.80. The van der Waals surface area contributed by atoms with E-state index >= 15 is 0 Å². The molecule has 113 valence electrons. The van der Waals surface area contributed by atoms with Gasteiger partial charge in [-0.15, -0.1) is 0 Å². The van der Waals surface area contributed by atoms with Crippen LogP contribution in [0.15, 0.2) is 0 Å². The molecule has 0 aromatic heterocycles. The highest BCUT2D eigenvalue weighted by Gasteiger charge is 2.37. The number of likely N-dealkylation sites (tertiary alicyclic amines) is 1. The number of amides is 1. The maximum absolute atomic E-state index is 11.6. The van der Waals surface area contributed by atoms with E-state index in [0.717, 1.165) is 45.7 Å². The SMILES string of the molecule is NC(=O)C1C[CH]CCN1C[C@@H]1CCCN2CCOC[C@H]12. The van der Waals surface area contributed by atoms with Crippen molar-refractivity contribution in [3.8, 4) is 0 Å². The molecule has 3 heterocycles. The van der Waals surface area contributed by atoms with Crippen LogP contribution < -0.4 is 5.73 Å². The number of carbonyl (C=O) groups excluding carboxylic acids is 1. The van der Waals surface area contributed by atoms with Gasteiger partial charge in [0.1, 0.15) is 0 Å². The van der Waals surface area contributed by atoms with Gasteiger partial charge in [-0.1, -0.05) is 0 Å². The maximum Gasteiger partial charge on any atom is 0.234 e. The predicted molar refractivity (Wildman–Crippen MR) is 77.0 cm³/mol. The van der Waals surface area contributed by atoms with Crippen molar-refractivity contribution >= 4 is 5.91 Å². The zero-order valence-corrected chi connectivity index (χ0v) is 12.2. The number of nitrogens with zero attached hydrogens (tertiary/aromatic N) is 2. The molecule has 1 radical (unpaired) electrons. The van der Waals surface area contributed by atoms with Gasteiger partial charge in [0.15, 0.2) is 0 Å². The minimum atomic E-state index is -0.173. The van der Waals surface area contributed by atoms with Crippen LogP contribution >= 0.6 is 0 Å². The van der Waals surface area contributed by atoms with E-state index in [9.17, 15) is 4.79 Å². The summed E-state index contributed by atoms with van der Waals surface area (Å²) in [5.74, 6) is 0.442. The van der Waals surface area contributed by atoms with Gasteiger partial charge in [-0.25, -0.2) is 0 Å². The van der Waals surface area contributed by atoms with Crippen molar-refractivity contribution in [3.05, 3.63) is 6.42 Å². The van der Waals surface area contributed by atoms with Crippen molar-refractivity contribution in [2.75, 3.05) is 39.4 Å². The number of carbonyl (C=O) groups is 1. The first-order chi connectivity index (χ1) is 9.75. The first kappa shape index (κ1) is 14.3. The number of hydrogen-bond acceptors (Lipinski definition) is 4. The number of piperidine rings is 2. The van der Waals surface area contributed by atoms with Crippen LogP contribution in [0.1, 0.15) is 25.7 Å². The molecule has 0 spiro atoms. The summed E-state index contributed by atoms with van der Waals surface area (Å²) in [6, 6.07) is 0.445. The van der Waals surface area contributed by atoms with Crippen molar-refractivity contribution in [1.82, 2.24) is 9.80 Å². The molecule has 2 N–H and O–H groups in total. The lowest BCUT2D eigenvalue weighted by Gasteiger charge is -2.46. The predicted octanol–water partition coefficient (Wildman–Crippen LogP) is 0.251. The highest BCUT2D eigenvalue weighted by atomic mass is 16.5. The quantitative estimate of drug-likeness (QED) is 0.805. The van der Waals surface area contributed by atoms with Crippen LogP contribution in [0, 0.1) is 12.3 Å². The van der Waals surface area contributed by atoms with Crippen LogP contribution in [0.5, 0.6) is 0 Å². The molecule has 0 aromatic rings. The van der Waals surface area contributed by atoms with E-state index in [0.29, 0.717) is 12.0 Å². The summed E-state index contributed by atoms with van der Waals surface area (Å²) in [4.78, 5) is 16.5. The Morgan fingerprint density at radius 3 is 3.10 bits per heavy atom. The van der Waals surface area contributed by atoms with Gasteiger partial charge in [-0.05, 0) is 51.1 Å². The Morgan fingerprint density at radius 1 is 1.35 bits per heavy atom. The third-order valence-corrected chi connectivity index (χ3v) is 5.09. The van der Waals surface area contributed by atoms with Crippen molar-refractivity contribution in [1.29, 1.82) is 0 Å². The first-order valence-electron chi connectivity index (χ1n) is 7.92. The second-order valence-electron chi connectivity index (χ2n) is 6.31. The molecule has 5 heteroatoms. The van der Waals surface area contributed by atoms with E-state index < -0.39 is 0 Å². The number of ether oxygens (including phenoxy) is 1. The molecule has 3 atom stereocenters. The smallest absolute Gasteiger partial charge is 0.234 e. The van der Waals surface area contributed by atoms with E-state index in [1.165, 1.54) is 19.4 Å². The number of nitrogens with two attached hydrogens (primary N) is 1. The van der Waals surface area contributed by atoms with Gasteiger partial charge in [-0.2, -0.15) is 0 Å². The lowest BCUT2D eigenvalue weighted by molar-refractivity contribution is -0.124. The van der Waals surface area contributed by atoms with Gasteiger partial charge >= 0.3 is 0 Å². The van der Waals surface area contributed by atoms with E-state index in [2.05, 4.69) is 16.2 Å². The molecule has 3 fully saturated rings. The van der Waals surface area contributed by atoms with Crippen LogP contribution in [0.3, 0.4) is 0 Å². The van der Waals surface area contributed by atoms with Gasteiger partial charge in [0.25, 0.3) is 0 Å². The average Bonchev–Trinajstić information content (AvgIpc) is 2.48. The second kappa shape index (κ2) is 6.41. The fraction of sp³-hybridized carbons (Fsp3) is 0.867. The Labute approximate surface area is 121 Å². The molecule has 3 saturated heterocycles. The van der Waals surface area contributed by atoms with Crippen LogP contribution in [-0.4, -0.2) is 67.2 Å². The minimum Gasteiger partial charge on any atom is -0.378 e.